The van der Waals surface area contributed by atoms with E-state index < -0.39 is 5.60 Å². The van der Waals surface area contributed by atoms with Gasteiger partial charge in [0, 0.05) is 13.1 Å². The lowest BCUT2D eigenvalue weighted by atomic mass is 10.2. The van der Waals surface area contributed by atoms with Crippen LogP contribution in [-0.4, -0.2) is 45.7 Å². The van der Waals surface area contributed by atoms with Gasteiger partial charge in [-0.25, -0.2) is 14.8 Å². The Labute approximate surface area is 152 Å². The van der Waals surface area contributed by atoms with Crippen molar-refractivity contribution in [3.63, 3.8) is 0 Å². The molecule has 0 bridgehead atoms. The summed E-state index contributed by atoms with van der Waals surface area (Å²) in [4.78, 5) is 23.0. The molecule has 2 aromatic rings. The molecule has 134 valence electrons. The number of nitrogens with zero attached hydrogens (tertiary/aromatic N) is 3. The first-order valence-corrected chi connectivity index (χ1v) is 8.87. The molecular weight excluding hydrogens is 340 g/mol. The summed E-state index contributed by atoms with van der Waals surface area (Å²) < 4.78 is 5.49. The number of anilines is 1. The fourth-order valence-corrected chi connectivity index (χ4v) is 3.11. The third-order valence-corrected chi connectivity index (χ3v) is 4.30. The van der Waals surface area contributed by atoms with Crippen molar-refractivity contribution in [1.29, 1.82) is 0 Å². The highest BCUT2D eigenvalue weighted by atomic mass is 35.5. The van der Waals surface area contributed by atoms with Gasteiger partial charge in [0.15, 0.2) is 11.0 Å². The number of benzene rings is 1. The summed E-state index contributed by atoms with van der Waals surface area (Å²) in [7, 11) is 0. The lowest BCUT2D eigenvalue weighted by molar-refractivity contribution is 0.0235. The second-order valence-electron chi connectivity index (χ2n) is 7.20. The normalized spacial score (nSPS) is 17.8. The topological polar surface area (TPSA) is 67.3 Å². The largest absolute Gasteiger partial charge is 0.444 e. The number of rotatable bonds is 3. The van der Waals surface area contributed by atoms with Crippen LogP contribution in [0.5, 0.6) is 0 Å². The third kappa shape index (κ3) is 4.31. The Kier molecular flexibility index (Phi) is 4.99. The average molecular weight is 363 g/mol. The van der Waals surface area contributed by atoms with Crippen molar-refractivity contribution >= 4 is 34.5 Å². The summed E-state index contributed by atoms with van der Waals surface area (Å²) in [5.41, 5.74) is 1.05. The van der Waals surface area contributed by atoms with Crippen molar-refractivity contribution < 1.29 is 9.53 Å². The number of halogens is 1. The van der Waals surface area contributed by atoms with E-state index in [0.717, 1.165) is 23.9 Å². The summed E-state index contributed by atoms with van der Waals surface area (Å²) >= 11 is 6.23. The van der Waals surface area contributed by atoms with E-state index in [0.29, 0.717) is 24.1 Å². The molecule has 1 saturated heterocycles. The van der Waals surface area contributed by atoms with Crippen LogP contribution in [-0.2, 0) is 4.74 Å². The summed E-state index contributed by atoms with van der Waals surface area (Å²) in [6.07, 6.45) is 1.61. The molecule has 1 aliphatic rings. The zero-order chi connectivity index (χ0) is 18.0. The molecule has 1 amide bonds. The number of fused-ring (bicyclic) bond motifs is 1. The van der Waals surface area contributed by atoms with Gasteiger partial charge in [-0.3, -0.25) is 0 Å². The quantitative estimate of drug-likeness (QED) is 0.890. The molecule has 2 heterocycles. The highest BCUT2D eigenvalue weighted by Crippen LogP contribution is 2.24. The van der Waals surface area contributed by atoms with Gasteiger partial charge in [-0.1, -0.05) is 23.7 Å². The van der Waals surface area contributed by atoms with Gasteiger partial charge in [-0.05, 0) is 45.7 Å². The van der Waals surface area contributed by atoms with Crippen molar-refractivity contribution in [3.05, 3.63) is 29.4 Å². The van der Waals surface area contributed by atoms with E-state index in [9.17, 15) is 4.79 Å². The Balaban J connectivity index is 1.68. The van der Waals surface area contributed by atoms with Gasteiger partial charge < -0.3 is 15.0 Å². The van der Waals surface area contributed by atoms with Crippen LogP contribution in [0.3, 0.4) is 0 Å². The first kappa shape index (κ1) is 17.7. The Morgan fingerprint density at radius 1 is 1.32 bits per heavy atom. The van der Waals surface area contributed by atoms with Crippen molar-refractivity contribution in [1.82, 2.24) is 14.9 Å². The van der Waals surface area contributed by atoms with Gasteiger partial charge in [0.25, 0.3) is 0 Å². The van der Waals surface area contributed by atoms with E-state index in [-0.39, 0.29) is 12.1 Å². The second kappa shape index (κ2) is 7.04. The minimum Gasteiger partial charge on any atom is -0.444 e. The summed E-state index contributed by atoms with van der Waals surface area (Å²) in [6, 6.07) is 7.64. The molecule has 0 aliphatic carbocycles. The van der Waals surface area contributed by atoms with Crippen LogP contribution in [0, 0.1) is 0 Å². The van der Waals surface area contributed by atoms with Gasteiger partial charge in [0.2, 0.25) is 0 Å². The average Bonchev–Trinajstić information content (AvgIpc) is 3.00. The molecule has 7 heteroatoms. The van der Waals surface area contributed by atoms with Gasteiger partial charge in [-0.15, -0.1) is 0 Å². The van der Waals surface area contributed by atoms with Crippen molar-refractivity contribution in [2.45, 2.75) is 45.3 Å². The van der Waals surface area contributed by atoms with Crippen molar-refractivity contribution in [3.8, 4) is 0 Å². The number of likely N-dealkylation sites (tertiary alicyclic amines) is 1. The highest BCUT2D eigenvalue weighted by Gasteiger charge is 2.32. The summed E-state index contributed by atoms with van der Waals surface area (Å²) in [5, 5.41) is 3.57. The molecule has 1 aromatic heterocycles. The van der Waals surface area contributed by atoms with Gasteiger partial charge >= 0.3 is 6.09 Å². The fraction of sp³-hybridized carbons (Fsp3) is 0.500. The lowest BCUT2D eigenvalue weighted by Gasteiger charge is -2.28. The molecule has 1 atom stereocenters. The fourth-order valence-electron chi connectivity index (χ4n) is 2.91. The Morgan fingerprint density at radius 3 is 2.68 bits per heavy atom. The molecular formula is C18H23ClN4O2. The number of para-hydroxylation sites is 2. The predicted molar refractivity (Wildman–Crippen MR) is 99.0 cm³/mol. The lowest BCUT2D eigenvalue weighted by Crippen LogP contribution is -2.42. The van der Waals surface area contributed by atoms with Crippen LogP contribution < -0.4 is 5.32 Å². The Morgan fingerprint density at radius 2 is 2.00 bits per heavy atom. The number of nitrogens with one attached hydrogen (secondary N) is 1. The van der Waals surface area contributed by atoms with Crippen LogP contribution in [0.4, 0.5) is 10.6 Å². The van der Waals surface area contributed by atoms with Gasteiger partial charge in [0.05, 0.1) is 17.1 Å². The molecule has 1 aromatic carbocycles. The van der Waals surface area contributed by atoms with Crippen LogP contribution in [0.25, 0.3) is 11.0 Å². The predicted octanol–water partition coefficient (Wildman–Crippen LogP) is 4.09. The van der Waals surface area contributed by atoms with Gasteiger partial charge in [0.1, 0.15) is 5.60 Å². The second-order valence-corrected chi connectivity index (χ2v) is 7.56. The number of hydrogen-bond acceptors (Lipinski definition) is 5. The maximum atomic E-state index is 12.3. The molecule has 1 N–H and O–H groups in total. The van der Waals surface area contributed by atoms with Crippen LogP contribution in [0.1, 0.15) is 33.6 Å². The minimum atomic E-state index is -0.495. The molecule has 0 spiro atoms. The summed E-state index contributed by atoms with van der Waals surface area (Å²) in [6.45, 7) is 6.89. The minimum absolute atomic E-state index is 0.0548. The number of ether oxygens (including phenoxy) is 1. The zero-order valence-electron chi connectivity index (χ0n) is 14.8. The smallest absolute Gasteiger partial charge is 0.410 e. The SMILES string of the molecule is CC(C)(C)OC(=O)N1CCC[C@H]1CNc1nc2ccccc2nc1Cl. The molecule has 0 saturated carbocycles. The Hall–Kier alpha value is -2.08. The van der Waals surface area contributed by atoms with E-state index in [1.807, 2.05) is 45.0 Å². The molecule has 0 radical (unpaired) electrons. The zero-order valence-corrected chi connectivity index (χ0v) is 15.5. The molecule has 25 heavy (non-hydrogen) atoms. The van der Waals surface area contributed by atoms with Crippen LogP contribution >= 0.6 is 11.6 Å². The first-order valence-electron chi connectivity index (χ1n) is 8.49. The maximum Gasteiger partial charge on any atom is 0.410 e. The molecule has 0 unspecified atom stereocenters. The number of aromatic nitrogens is 2. The van der Waals surface area contributed by atoms with Crippen molar-refractivity contribution in [2.24, 2.45) is 0 Å². The molecule has 1 aliphatic heterocycles. The third-order valence-electron chi connectivity index (χ3n) is 4.04. The van der Waals surface area contributed by atoms with E-state index in [1.54, 1.807) is 4.90 Å². The number of carbonyl (C=O) groups is 1. The van der Waals surface area contributed by atoms with E-state index in [4.69, 9.17) is 16.3 Å². The Bertz CT molecular complexity index is 775. The first-order chi connectivity index (χ1) is 11.8. The number of amides is 1. The van der Waals surface area contributed by atoms with Crippen LogP contribution in [0.2, 0.25) is 5.15 Å². The maximum absolute atomic E-state index is 12.3. The number of carbonyl (C=O) groups excluding carboxylic acids is 1. The molecule has 1 fully saturated rings. The van der Waals surface area contributed by atoms with Crippen molar-refractivity contribution in [2.75, 3.05) is 18.4 Å². The van der Waals surface area contributed by atoms with Gasteiger partial charge in [-0.2, -0.15) is 0 Å². The standard InChI is InChI=1S/C18H23ClN4O2/c1-18(2,3)25-17(24)23-10-6-7-12(23)11-20-16-15(19)21-13-8-4-5-9-14(13)22-16/h4-5,8-9,12H,6-7,10-11H2,1-3H3,(H,20,22)/t12-/m0/s1. The molecule has 3 rings (SSSR count). The number of hydrogen-bond donors (Lipinski definition) is 1. The van der Waals surface area contributed by atoms with Crippen LogP contribution in [0.15, 0.2) is 24.3 Å². The van der Waals surface area contributed by atoms with E-state index in [2.05, 4.69) is 15.3 Å². The monoisotopic (exact) mass is 362 g/mol. The van der Waals surface area contributed by atoms with E-state index in [1.165, 1.54) is 0 Å². The van der Waals surface area contributed by atoms with E-state index >= 15 is 0 Å². The highest BCUT2D eigenvalue weighted by molar-refractivity contribution is 6.32. The summed E-state index contributed by atoms with van der Waals surface area (Å²) in [5.74, 6) is 0.538. The molecule has 6 nitrogen and oxygen atoms in total.